The minimum absolute atomic E-state index is 0.538. The molecule has 1 aromatic carbocycles. The van der Waals surface area contributed by atoms with Gasteiger partial charge >= 0.3 is 0 Å². The molecule has 3 rings (SSSR count). The van der Waals surface area contributed by atoms with E-state index in [4.69, 9.17) is 0 Å². The van der Waals surface area contributed by atoms with Crippen LogP contribution in [0.25, 0.3) is 0 Å². The van der Waals surface area contributed by atoms with Gasteiger partial charge in [0, 0.05) is 0 Å². The predicted octanol–water partition coefficient (Wildman–Crippen LogP) is 3.30. The molecule has 0 aromatic heterocycles. The van der Waals surface area contributed by atoms with E-state index in [1.807, 2.05) is 0 Å². The summed E-state index contributed by atoms with van der Waals surface area (Å²) in [4.78, 5) is 0. The molecule has 0 heterocycles. The van der Waals surface area contributed by atoms with Gasteiger partial charge in [-0.1, -0.05) is 37.6 Å². The molecule has 0 nitrogen and oxygen atoms in total. The average Bonchev–Trinajstić information content (AvgIpc) is 2.60. The highest BCUT2D eigenvalue weighted by Crippen LogP contribution is 2.52. The monoisotopic (exact) mass is 172 g/mol. The van der Waals surface area contributed by atoms with Crippen LogP contribution >= 0.6 is 0 Å². The Labute approximate surface area is 80.0 Å². The maximum Gasteiger partial charge on any atom is -0.00411 e. The Morgan fingerprint density at radius 1 is 1.31 bits per heavy atom. The van der Waals surface area contributed by atoms with Crippen LogP contribution < -0.4 is 0 Å². The van der Waals surface area contributed by atoms with Crippen molar-refractivity contribution in [3.63, 3.8) is 0 Å². The van der Waals surface area contributed by atoms with Gasteiger partial charge in [0.25, 0.3) is 0 Å². The fourth-order valence-corrected chi connectivity index (χ4v) is 3.44. The number of rotatable bonds is 0. The Kier molecular flexibility index (Phi) is 1.39. The zero-order valence-corrected chi connectivity index (χ0v) is 8.22. The van der Waals surface area contributed by atoms with Crippen molar-refractivity contribution in [3.05, 3.63) is 35.4 Å². The number of hydrogen-bond acceptors (Lipinski definition) is 0. The molecular formula is C13H16. The van der Waals surface area contributed by atoms with Gasteiger partial charge in [0.2, 0.25) is 0 Å². The smallest absolute Gasteiger partial charge is 0.00411 e. The van der Waals surface area contributed by atoms with E-state index in [1.54, 1.807) is 11.1 Å². The Morgan fingerprint density at radius 3 is 3.08 bits per heavy atom. The van der Waals surface area contributed by atoms with Gasteiger partial charge in [-0.2, -0.15) is 0 Å². The molecule has 0 N–H and O–H groups in total. The second-order valence-corrected chi connectivity index (χ2v) is 4.87. The highest BCUT2D eigenvalue weighted by Gasteiger charge is 2.45. The van der Waals surface area contributed by atoms with Gasteiger partial charge in [-0.05, 0) is 41.7 Å². The quantitative estimate of drug-likeness (QED) is 0.563. The third-order valence-corrected chi connectivity index (χ3v) is 4.25. The standard InChI is InChI=1S/C13H16/c1-13-8-4-6-11(13)9-10-5-2-3-7-12(10)13/h2-3,5,7,11H,4,6,8-9H2,1H3/t11-,13-/m1/s1. The van der Waals surface area contributed by atoms with Crippen LogP contribution in [0.1, 0.15) is 37.3 Å². The highest BCUT2D eigenvalue weighted by atomic mass is 14.5. The molecule has 2 aliphatic carbocycles. The molecule has 1 saturated carbocycles. The summed E-state index contributed by atoms with van der Waals surface area (Å²) in [5, 5.41) is 0. The number of fused-ring (bicyclic) bond motifs is 3. The summed E-state index contributed by atoms with van der Waals surface area (Å²) in [6.45, 7) is 2.47. The van der Waals surface area contributed by atoms with Crippen LogP contribution in [-0.2, 0) is 11.8 Å². The number of hydrogen-bond donors (Lipinski definition) is 0. The minimum Gasteiger partial charge on any atom is -0.0620 e. The molecule has 1 fully saturated rings. The van der Waals surface area contributed by atoms with Gasteiger partial charge in [0.1, 0.15) is 0 Å². The molecule has 13 heavy (non-hydrogen) atoms. The summed E-state index contributed by atoms with van der Waals surface area (Å²) in [7, 11) is 0. The van der Waals surface area contributed by atoms with Crippen LogP contribution in [0.4, 0.5) is 0 Å². The average molecular weight is 172 g/mol. The van der Waals surface area contributed by atoms with Gasteiger partial charge in [-0.15, -0.1) is 0 Å². The van der Waals surface area contributed by atoms with E-state index in [9.17, 15) is 0 Å². The maximum atomic E-state index is 2.47. The molecule has 1 aromatic rings. The lowest BCUT2D eigenvalue weighted by atomic mass is 9.79. The van der Waals surface area contributed by atoms with E-state index >= 15 is 0 Å². The Balaban J connectivity index is 2.17. The molecule has 68 valence electrons. The second kappa shape index (κ2) is 2.37. The van der Waals surface area contributed by atoms with Gasteiger partial charge in [-0.25, -0.2) is 0 Å². The van der Waals surface area contributed by atoms with E-state index in [2.05, 4.69) is 31.2 Å². The first kappa shape index (κ1) is 7.61. The molecule has 0 unspecified atom stereocenters. The lowest BCUT2D eigenvalue weighted by Crippen LogP contribution is -2.21. The van der Waals surface area contributed by atoms with E-state index < -0.39 is 0 Å². The lowest BCUT2D eigenvalue weighted by molar-refractivity contribution is 0.379. The van der Waals surface area contributed by atoms with E-state index in [0.717, 1.165) is 5.92 Å². The second-order valence-electron chi connectivity index (χ2n) is 4.87. The van der Waals surface area contributed by atoms with Crippen molar-refractivity contribution in [1.29, 1.82) is 0 Å². The maximum absolute atomic E-state index is 2.47. The summed E-state index contributed by atoms with van der Waals surface area (Å²) in [5.74, 6) is 0.949. The van der Waals surface area contributed by atoms with Crippen molar-refractivity contribution >= 4 is 0 Å². The van der Waals surface area contributed by atoms with Gasteiger partial charge in [-0.3, -0.25) is 0 Å². The van der Waals surface area contributed by atoms with Crippen LogP contribution in [0, 0.1) is 5.92 Å². The van der Waals surface area contributed by atoms with Crippen LogP contribution in [-0.4, -0.2) is 0 Å². The van der Waals surface area contributed by atoms with Crippen LogP contribution in [0.3, 0.4) is 0 Å². The molecule has 0 bridgehead atoms. The molecule has 0 aliphatic heterocycles. The van der Waals surface area contributed by atoms with Crippen molar-refractivity contribution in [2.24, 2.45) is 5.92 Å². The lowest BCUT2D eigenvalue weighted by Gasteiger charge is -2.25. The Morgan fingerprint density at radius 2 is 2.15 bits per heavy atom. The fraction of sp³-hybridized carbons (Fsp3) is 0.538. The van der Waals surface area contributed by atoms with Crippen molar-refractivity contribution in [1.82, 2.24) is 0 Å². The Bertz CT molecular complexity index is 340. The molecular weight excluding hydrogens is 156 g/mol. The Hall–Kier alpha value is -0.780. The SMILES string of the molecule is C[C@@]12CCC[C@@H]1Cc1ccccc12. The van der Waals surface area contributed by atoms with E-state index in [0.29, 0.717) is 5.41 Å². The normalized spacial score (nSPS) is 35.9. The van der Waals surface area contributed by atoms with Crippen LogP contribution in [0.15, 0.2) is 24.3 Å². The van der Waals surface area contributed by atoms with Crippen LogP contribution in [0.5, 0.6) is 0 Å². The summed E-state index contributed by atoms with van der Waals surface area (Å²) in [6, 6.07) is 9.05. The molecule has 2 atom stereocenters. The molecule has 0 saturated heterocycles. The zero-order chi connectivity index (χ0) is 8.89. The van der Waals surface area contributed by atoms with Gasteiger partial charge < -0.3 is 0 Å². The minimum atomic E-state index is 0.538. The molecule has 2 aliphatic rings. The summed E-state index contributed by atoms with van der Waals surface area (Å²) < 4.78 is 0. The number of benzene rings is 1. The summed E-state index contributed by atoms with van der Waals surface area (Å²) >= 11 is 0. The van der Waals surface area contributed by atoms with Crippen LogP contribution in [0.2, 0.25) is 0 Å². The predicted molar refractivity (Wildman–Crippen MR) is 54.8 cm³/mol. The van der Waals surface area contributed by atoms with Crippen molar-refractivity contribution < 1.29 is 0 Å². The van der Waals surface area contributed by atoms with E-state index in [1.165, 1.54) is 25.7 Å². The summed E-state index contributed by atoms with van der Waals surface area (Å²) in [6.07, 6.45) is 5.64. The molecule has 0 amide bonds. The zero-order valence-electron chi connectivity index (χ0n) is 8.22. The molecule has 0 spiro atoms. The largest absolute Gasteiger partial charge is 0.0620 e. The van der Waals surface area contributed by atoms with Gasteiger partial charge in [0.15, 0.2) is 0 Å². The van der Waals surface area contributed by atoms with Crippen molar-refractivity contribution in [2.75, 3.05) is 0 Å². The highest BCUT2D eigenvalue weighted by molar-refractivity contribution is 5.41. The van der Waals surface area contributed by atoms with Crippen molar-refractivity contribution in [3.8, 4) is 0 Å². The first-order chi connectivity index (χ1) is 6.31. The van der Waals surface area contributed by atoms with Crippen molar-refractivity contribution in [2.45, 2.75) is 38.0 Å². The first-order valence-electron chi connectivity index (χ1n) is 5.39. The fourth-order valence-electron chi connectivity index (χ4n) is 3.44. The topological polar surface area (TPSA) is 0 Å². The molecule has 0 heteroatoms. The van der Waals surface area contributed by atoms with Gasteiger partial charge in [0.05, 0.1) is 0 Å². The third-order valence-electron chi connectivity index (χ3n) is 4.25. The summed E-state index contributed by atoms with van der Waals surface area (Å²) in [5.41, 5.74) is 3.81. The first-order valence-corrected chi connectivity index (χ1v) is 5.39. The third kappa shape index (κ3) is 0.864. The molecule has 0 radical (unpaired) electrons. The van der Waals surface area contributed by atoms with E-state index in [-0.39, 0.29) is 0 Å².